The van der Waals surface area contributed by atoms with Crippen molar-refractivity contribution in [1.82, 2.24) is 5.32 Å². The van der Waals surface area contributed by atoms with Crippen molar-refractivity contribution < 1.29 is 19.2 Å². The fourth-order valence-corrected chi connectivity index (χ4v) is 3.76. The van der Waals surface area contributed by atoms with E-state index in [9.17, 15) is 14.7 Å². The van der Waals surface area contributed by atoms with E-state index in [4.69, 9.17) is 0 Å². The average molecular weight is 437 g/mol. The third-order valence-electron chi connectivity index (χ3n) is 5.93. The molecule has 0 saturated heterocycles. The van der Waals surface area contributed by atoms with Crippen LogP contribution in [0, 0.1) is 0 Å². The van der Waals surface area contributed by atoms with E-state index in [1.165, 1.54) is 63.9 Å². The van der Waals surface area contributed by atoms with Gasteiger partial charge in [-0.1, -0.05) is 76.5 Å². The second-order valence-electron chi connectivity index (χ2n) is 9.54. The second-order valence-corrected chi connectivity index (χ2v) is 9.54. The van der Waals surface area contributed by atoms with Gasteiger partial charge in [0, 0.05) is 12.8 Å². The maximum Gasteiger partial charge on any atom is 0.224 e. The molecule has 0 rings (SSSR count). The highest BCUT2D eigenvalue weighted by molar-refractivity contribution is 5.84. The van der Waals surface area contributed by atoms with E-state index in [1.54, 1.807) is 21.1 Å². The van der Waals surface area contributed by atoms with Crippen LogP contribution in [0.15, 0.2) is 24.8 Å². The predicted octanol–water partition coefficient (Wildman–Crippen LogP) is 4.87. The summed E-state index contributed by atoms with van der Waals surface area (Å²) in [4.78, 5) is 24.2. The average Bonchev–Trinajstić information content (AvgIpc) is 2.69. The highest BCUT2D eigenvalue weighted by atomic mass is 16.4. The summed E-state index contributed by atoms with van der Waals surface area (Å²) in [5.41, 5.74) is -1.49. The molecule has 0 aliphatic carbocycles. The number of carbonyl (C=O) groups is 2. The molecule has 5 heteroatoms. The highest BCUT2D eigenvalue weighted by Crippen LogP contribution is 2.21. The Hall–Kier alpha value is -1.62. The molecule has 0 aromatic carbocycles. The van der Waals surface area contributed by atoms with Crippen LogP contribution in [0.5, 0.6) is 0 Å². The Kier molecular flexibility index (Phi) is 16.1. The lowest BCUT2D eigenvalue weighted by Crippen LogP contribution is -2.74. The Balaban J connectivity index is 3.91. The summed E-state index contributed by atoms with van der Waals surface area (Å²) in [5.74, 6) is -1.52. The number of unbranched alkanes of at least 4 members (excludes halogenated alkanes) is 11. The number of nitrogens with one attached hydrogen (secondary N) is 1. The number of nitrogens with zero attached hydrogens (tertiary/aromatic N) is 1. The van der Waals surface area contributed by atoms with E-state index >= 15 is 0 Å². The zero-order valence-corrected chi connectivity index (χ0v) is 20.7. The zero-order valence-electron chi connectivity index (χ0n) is 20.7. The molecule has 1 atom stereocenters. The van der Waals surface area contributed by atoms with E-state index in [1.807, 2.05) is 0 Å². The Morgan fingerprint density at radius 1 is 0.871 bits per heavy atom. The molecule has 0 aromatic rings. The number of carboxylic acids is 1. The van der Waals surface area contributed by atoms with Gasteiger partial charge in [0.2, 0.25) is 11.6 Å². The highest BCUT2D eigenvalue weighted by Gasteiger charge is 2.45. The maximum absolute atomic E-state index is 12.4. The van der Waals surface area contributed by atoms with E-state index in [0.717, 1.165) is 25.7 Å². The van der Waals surface area contributed by atoms with Crippen LogP contribution in [-0.4, -0.2) is 43.2 Å². The topological polar surface area (TPSA) is 69.2 Å². The number of rotatable bonds is 20. The van der Waals surface area contributed by atoms with Crippen molar-refractivity contribution in [2.75, 3.05) is 21.1 Å². The number of carboxylic acid groups (broad SMARTS) is 1. The Labute approximate surface area is 191 Å². The van der Waals surface area contributed by atoms with Crippen LogP contribution in [0.2, 0.25) is 0 Å². The molecule has 0 radical (unpaired) electrons. The van der Waals surface area contributed by atoms with Crippen molar-refractivity contribution >= 4 is 11.9 Å². The minimum Gasteiger partial charge on any atom is -0.542 e. The van der Waals surface area contributed by atoms with Gasteiger partial charge in [0.25, 0.3) is 0 Å². The Morgan fingerprint density at radius 3 is 1.81 bits per heavy atom. The molecule has 180 valence electrons. The molecule has 1 unspecified atom stereocenters. The predicted molar refractivity (Wildman–Crippen MR) is 128 cm³/mol. The van der Waals surface area contributed by atoms with Gasteiger partial charge in [-0.05, 0) is 32.1 Å². The number of carbonyl (C=O) groups excluding carboxylic acids is 2. The van der Waals surface area contributed by atoms with Crippen molar-refractivity contribution in [3.63, 3.8) is 0 Å². The van der Waals surface area contributed by atoms with E-state index in [-0.39, 0.29) is 16.8 Å². The molecule has 0 bridgehead atoms. The molecule has 0 spiro atoms. The third-order valence-corrected chi connectivity index (χ3v) is 5.93. The first-order chi connectivity index (χ1) is 14.7. The van der Waals surface area contributed by atoms with Crippen LogP contribution in [0.1, 0.15) is 103 Å². The van der Waals surface area contributed by atoms with Gasteiger partial charge in [-0.25, -0.2) is 0 Å². The number of allylic oxidation sites excluding steroid dienone is 2. The van der Waals surface area contributed by atoms with Crippen LogP contribution in [-0.2, 0) is 9.59 Å². The molecule has 31 heavy (non-hydrogen) atoms. The number of amides is 1. The lowest BCUT2D eigenvalue weighted by Gasteiger charge is -2.46. The van der Waals surface area contributed by atoms with Crippen LogP contribution in [0.4, 0.5) is 0 Å². The molecule has 5 nitrogen and oxygen atoms in total. The molecule has 0 heterocycles. The van der Waals surface area contributed by atoms with Gasteiger partial charge in [0.1, 0.15) is 5.97 Å². The molecule has 0 saturated carbocycles. The fraction of sp³-hybridized carbons (Fsp3) is 0.769. The summed E-state index contributed by atoms with van der Waals surface area (Å²) in [6.07, 6.45) is 22.2. The summed E-state index contributed by atoms with van der Waals surface area (Å²) in [6, 6.07) is 0. The monoisotopic (exact) mass is 436 g/mol. The van der Waals surface area contributed by atoms with Crippen molar-refractivity contribution in [2.45, 2.75) is 109 Å². The van der Waals surface area contributed by atoms with Crippen LogP contribution in [0.25, 0.3) is 0 Å². The fourth-order valence-electron chi connectivity index (χ4n) is 3.76. The molecule has 0 aliphatic heterocycles. The number of likely N-dealkylation sites (N-methyl/N-ethyl adjacent to an activating group) is 1. The summed E-state index contributed by atoms with van der Waals surface area (Å²) >= 11 is 0. The smallest absolute Gasteiger partial charge is 0.224 e. The van der Waals surface area contributed by atoms with Gasteiger partial charge in [-0.15, -0.1) is 6.58 Å². The standard InChI is InChI=1S/C26H48N2O3/c1-6-8-9-10-11-12-13-14-15-16-17-18-19-20-21-22-24(29)27-26(23-7-2,25(30)31)28(3,4)5/h7,14-15H,2,6,8-13,16-23H2,1,3-5H3,(H-,27,29,30,31)/b15-14-. The lowest BCUT2D eigenvalue weighted by atomic mass is 10.0. The van der Waals surface area contributed by atoms with Gasteiger partial charge >= 0.3 is 0 Å². The minimum absolute atomic E-state index is 0.0411. The van der Waals surface area contributed by atoms with Crippen molar-refractivity contribution in [3.8, 4) is 0 Å². The van der Waals surface area contributed by atoms with Gasteiger partial charge in [0.15, 0.2) is 0 Å². The molecule has 0 fully saturated rings. The number of hydrogen-bond acceptors (Lipinski definition) is 3. The van der Waals surface area contributed by atoms with Gasteiger partial charge in [-0.2, -0.15) is 0 Å². The minimum atomic E-state index is -1.49. The largest absolute Gasteiger partial charge is 0.542 e. The quantitative estimate of drug-likeness (QED) is 0.128. The SMILES string of the molecule is C=CCC(NC(=O)CCCCCCC/C=C\CCCCCCCC)(C(=O)[O-])[N+](C)(C)C. The Morgan fingerprint density at radius 2 is 1.35 bits per heavy atom. The van der Waals surface area contributed by atoms with E-state index in [0.29, 0.717) is 6.42 Å². The molecule has 0 aliphatic rings. The first kappa shape index (κ1) is 29.4. The third kappa shape index (κ3) is 12.7. The summed E-state index contributed by atoms with van der Waals surface area (Å²) in [6.45, 7) is 5.89. The Bertz CT molecular complexity index is 537. The summed E-state index contributed by atoms with van der Waals surface area (Å²) < 4.78 is 0.0411. The van der Waals surface area contributed by atoms with Crippen molar-refractivity contribution in [3.05, 3.63) is 24.8 Å². The molecule has 1 amide bonds. The van der Waals surface area contributed by atoms with Gasteiger partial charge in [0.05, 0.1) is 21.1 Å². The first-order valence-corrected chi connectivity index (χ1v) is 12.3. The number of aliphatic carboxylic acids is 1. The van der Waals surface area contributed by atoms with Gasteiger partial charge < -0.3 is 14.4 Å². The molecule has 1 N–H and O–H groups in total. The van der Waals surface area contributed by atoms with Gasteiger partial charge in [-0.3, -0.25) is 10.1 Å². The van der Waals surface area contributed by atoms with E-state index in [2.05, 4.69) is 31.0 Å². The maximum atomic E-state index is 12.4. The van der Waals surface area contributed by atoms with Crippen LogP contribution >= 0.6 is 0 Å². The molecular formula is C26H48N2O3. The zero-order chi connectivity index (χ0) is 23.6. The molecular weight excluding hydrogens is 388 g/mol. The van der Waals surface area contributed by atoms with Crippen molar-refractivity contribution in [2.24, 2.45) is 0 Å². The van der Waals surface area contributed by atoms with E-state index < -0.39 is 11.6 Å². The number of hydrogen-bond donors (Lipinski definition) is 1. The van der Waals surface area contributed by atoms with Crippen molar-refractivity contribution in [1.29, 1.82) is 0 Å². The summed E-state index contributed by atoms with van der Waals surface area (Å²) in [5, 5.41) is 14.5. The summed E-state index contributed by atoms with van der Waals surface area (Å²) in [7, 11) is 5.21. The molecule has 0 aromatic heterocycles. The van der Waals surface area contributed by atoms with Crippen LogP contribution in [0.3, 0.4) is 0 Å². The normalized spacial score (nSPS) is 13.8. The number of quaternary nitrogens is 1. The second kappa shape index (κ2) is 17.0. The van der Waals surface area contributed by atoms with Crippen LogP contribution < -0.4 is 10.4 Å². The first-order valence-electron chi connectivity index (χ1n) is 12.3. The lowest BCUT2D eigenvalue weighted by molar-refractivity contribution is -0.918.